The largest absolute Gasteiger partial charge is 0.350 e. The summed E-state index contributed by atoms with van der Waals surface area (Å²) in [6, 6.07) is 6.16. The van der Waals surface area contributed by atoms with Crippen molar-refractivity contribution < 1.29 is 19.2 Å². The highest BCUT2D eigenvalue weighted by Crippen LogP contribution is 2.28. The second kappa shape index (κ2) is 8.99. The van der Waals surface area contributed by atoms with Crippen molar-refractivity contribution in [3.63, 3.8) is 0 Å². The molecule has 28 heavy (non-hydrogen) atoms. The number of Topliss-reactive ketones (excluding diaryl/α,β-unsaturated/α-hetero) is 1. The van der Waals surface area contributed by atoms with Gasteiger partial charge in [-0.1, -0.05) is 51.0 Å². The Morgan fingerprint density at radius 2 is 1.68 bits per heavy atom. The van der Waals surface area contributed by atoms with Gasteiger partial charge in [-0.25, -0.2) is 4.79 Å². The van der Waals surface area contributed by atoms with Crippen LogP contribution in [0.1, 0.15) is 75.3 Å². The first-order valence-corrected chi connectivity index (χ1v) is 9.78. The van der Waals surface area contributed by atoms with Crippen LogP contribution < -0.4 is 10.6 Å². The zero-order valence-electron chi connectivity index (χ0n) is 17.0. The second-order valence-electron chi connectivity index (χ2n) is 7.37. The molecule has 0 radical (unpaired) electrons. The molecule has 0 bridgehead atoms. The number of nitrogens with zero attached hydrogens (tertiary/aromatic N) is 1. The maximum atomic E-state index is 12.9. The number of carbonyl (C=O) groups is 4. The minimum Gasteiger partial charge on any atom is -0.350 e. The fourth-order valence-electron chi connectivity index (χ4n) is 3.72. The van der Waals surface area contributed by atoms with Crippen molar-refractivity contribution in [2.75, 3.05) is 6.54 Å². The number of rotatable bonds is 9. The number of benzene rings is 1. The molecule has 1 atom stereocenters. The Balaban J connectivity index is 2.10. The third-order valence-corrected chi connectivity index (χ3v) is 5.05. The van der Waals surface area contributed by atoms with E-state index in [0.717, 1.165) is 23.3 Å². The molecule has 2 N–H and O–H groups in total. The number of urea groups is 1. The fraction of sp³-hybridized carbons (Fsp3) is 0.524. The number of amides is 4. The molecule has 4 amide bonds. The number of nitrogens with one attached hydrogen (secondary N) is 2. The van der Waals surface area contributed by atoms with E-state index in [1.54, 1.807) is 24.3 Å². The summed E-state index contributed by atoms with van der Waals surface area (Å²) in [6.45, 7) is 6.96. The smallest absolute Gasteiger partial charge is 0.325 e. The predicted molar refractivity (Wildman–Crippen MR) is 106 cm³/mol. The maximum absolute atomic E-state index is 12.9. The first-order chi connectivity index (χ1) is 13.2. The van der Waals surface area contributed by atoms with E-state index in [1.165, 1.54) is 6.92 Å². The zero-order valence-corrected chi connectivity index (χ0v) is 17.0. The van der Waals surface area contributed by atoms with E-state index in [9.17, 15) is 19.2 Å². The molecule has 0 unspecified atom stereocenters. The van der Waals surface area contributed by atoms with Gasteiger partial charge in [0.05, 0.1) is 12.6 Å². The van der Waals surface area contributed by atoms with Gasteiger partial charge >= 0.3 is 6.03 Å². The highest BCUT2D eigenvalue weighted by atomic mass is 16.2. The lowest BCUT2D eigenvalue weighted by molar-refractivity contribution is -0.131. The molecule has 0 spiro atoms. The second-order valence-corrected chi connectivity index (χ2v) is 7.37. The molecule has 1 aliphatic heterocycles. The summed E-state index contributed by atoms with van der Waals surface area (Å²) in [5.74, 6) is -0.745. The van der Waals surface area contributed by atoms with Crippen molar-refractivity contribution in [1.82, 2.24) is 15.5 Å². The zero-order chi connectivity index (χ0) is 20.9. The molecule has 1 aromatic rings. The molecule has 1 aliphatic rings. The van der Waals surface area contributed by atoms with E-state index in [2.05, 4.69) is 10.6 Å². The van der Waals surface area contributed by atoms with Crippen molar-refractivity contribution in [3.05, 3.63) is 35.4 Å². The van der Waals surface area contributed by atoms with Gasteiger partial charge in [0.2, 0.25) is 5.91 Å². The summed E-state index contributed by atoms with van der Waals surface area (Å²) in [5, 5.41) is 5.59. The van der Waals surface area contributed by atoms with Crippen LogP contribution in [0.5, 0.6) is 0 Å². The molecule has 7 nitrogen and oxygen atoms in total. The van der Waals surface area contributed by atoms with Crippen LogP contribution in [0.25, 0.3) is 0 Å². The van der Waals surface area contributed by atoms with Gasteiger partial charge in [-0.05, 0) is 25.3 Å². The summed E-state index contributed by atoms with van der Waals surface area (Å²) in [5.41, 5.74) is 0.396. The van der Waals surface area contributed by atoms with Gasteiger partial charge in [0.25, 0.3) is 5.91 Å². The number of imide groups is 1. The van der Waals surface area contributed by atoms with E-state index in [4.69, 9.17) is 0 Å². The number of hydrogen-bond donors (Lipinski definition) is 2. The van der Waals surface area contributed by atoms with Crippen LogP contribution in [-0.2, 0) is 9.59 Å². The Morgan fingerprint density at radius 3 is 2.18 bits per heavy atom. The third-order valence-electron chi connectivity index (χ3n) is 5.05. The van der Waals surface area contributed by atoms with Crippen LogP contribution in [-0.4, -0.2) is 40.6 Å². The molecule has 1 heterocycles. The molecular formula is C21H29N3O4. The summed E-state index contributed by atoms with van der Waals surface area (Å²) < 4.78 is 0. The molecule has 1 aromatic carbocycles. The van der Waals surface area contributed by atoms with Crippen LogP contribution in [0.3, 0.4) is 0 Å². The Kier molecular flexibility index (Phi) is 6.94. The summed E-state index contributed by atoms with van der Waals surface area (Å²) >= 11 is 0. The topological polar surface area (TPSA) is 95.6 Å². The van der Waals surface area contributed by atoms with Crippen molar-refractivity contribution >= 4 is 23.6 Å². The van der Waals surface area contributed by atoms with Gasteiger partial charge < -0.3 is 10.6 Å². The molecule has 0 aromatic heterocycles. The Hall–Kier alpha value is -2.70. The SMILES string of the molecule is CCCC1(CCC)NC(=O)N(CC(=O)c2ccc([C@H](C)NC(C)=O)cc2)C1=O. The fourth-order valence-corrected chi connectivity index (χ4v) is 3.72. The van der Waals surface area contributed by atoms with Gasteiger partial charge in [0, 0.05) is 12.5 Å². The maximum Gasteiger partial charge on any atom is 0.325 e. The van der Waals surface area contributed by atoms with Gasteiger partial charge in [-0.15, -0.1) is 0 Å². The molecule has 1 saturated heterocycles. The van der Waals surface area contributed by atoms with E-state index < -0.39 is 11.6 Å². The van der Waals surface area contributed by atoms with Crippen LogP contribution in [0.4, 0.5) is 4.79 Å². The van der Waals surface area contributed by atoms with Crippen LogP contribution in [0.2, 0.25) is 0 Å². The first-order valence-electron chi connectivity index (χ1n) is 9.78. The van der Waals surface area contributed by atoms with Gasteiger partial charge in [0.15, 0.2) is 5.78 Å². The van der Waals surface area contributed by atoms with Gasteiger partial charge in [-0.2, -0.15) is 0 Å². The normalized spacial score (nSPS) is 16.6. The molecule has 7 heteroatoms. The number of carbonyl (C=O) groups excluding carboxylic acids is 4. The molecule has 1 fully saturated rings. The molecule has 2 rings (SSSR count). The molecule has 152 valence electrons. The van der Waals surface area contributed by atoms with E-state index in [-0.39, 0.29) is 30.2 Å². The Morgan fingerprint density at radius 1 is 1.11 bits per heavy atom. The highest BCUT2D eigenvalue weighted by Gasteiger charge is 2.50. The lowest BCUT2D eigenvalue weighted by Gasteiger charge is -2.25. The van der Waals surface area contributed by atoms with Crippen molar-refractivity contribution in [3.8, 4) is 0 Å². The molecule has 0 aliphatic carbocycles. The van der Waals surface area contributed by atoms with Crippen LogP contribution >= 0.6 is 0 Å². The number of hydrogen-bond acceptors (Lipinski definition) is 4. The first kappa shape index (κ1) is 21.6. The predicted octanol–water partition coefficient (Wildman–Crippen LogP) is 2.96. The van der Waals surface area contributed by atoms with Crippen molar-refractivity contribution in [2.24, 2.45) is 0 Å². The van der Waals surface area contributed by atoms with Crippen molar-refractivity contribution in [2.45, 2.75) is 65.0 Å². The standard InChI is InChI=1S/C21H29N3O4/c1-5-11-21(12-6-2)19(27)24(20(28)23-21)13-18(26)17-9-7-16(8-10-17)14(3)22-15(4)25/h7-10,14H,5-6,11-13H2,1-4H3,(H,22,25)(H,23,28)/t14-/m0/s1. The third kappa shape index (κ3) is 4.58. The highest BCUT2D eigenvalue weighted by molar-refractivity contribution is 6.11. The Labute approximate surface area is 165 Å². The van der Waals surface area contributed by atoms with Crippen LogP contribution in [0, 0.1) is 0 Å². The van der Waals surface area contributed by atoms with Gasteiger partial charge in [0.1, 0.15) is 5.54 Å². The van der Waals surface area contributed by atoms with E-state index in [1.807, 2.05) is 20.8 Å². The monoisotopic (exact) mass is 387 g/mol. The minimum absolute atomic E-state index is 0.131. The quantitative estimate of drug-likeness (QED) is 0.503. The molecular weight excluding hydrogens is 358 g/mol. The average molecular weight is 387 g/mol. The summed E-state index contributed by atoms with van der Waals surface area (Å²) in [4.78, 5) is 50.1. The summed E-state index contributed by atoms with van der Waals surface area (Å²) in [7, 11) is 0. The van der Waals surface area contributed by atoms with E-state index >= 15 is 0 Å². The molecule has 0 saturated carbocycles. The summed E-state index contributed by atoms with van der Waals surface area (Å²) in [6.07, 6.45) is 2.65. The minimum atomic E-state index is -0.890. The van der Waals surface area contributed by atoms with E-state index in [0.29, 0.717) is 18.4 Å². The number of ketones is 1. The van der Waals surface area contributed by atoms with Crippen molar-refractivity contribution in [1.29, 1.82) is 0 Å². The van der Waals surface area contributed by atoms with Gasteiger partial charge in [-0.3, -0.25) is 19.3 Å². The average Bonchev–Trinajstić information content (AvgIpc) is 2.86. The van der Waals surface area contributed by atoms with Crippen LogP contribution in [0.15, 0.2) is 24.3 Å². The lowest BCUT2D eigenvalue weighted by atomic mass is 9.88. The Bertz CT molecular complexity index is 751. The lowest BCUT2D eigenvalue weighted by Crippen LogP contribution is -2.47.